The van der Waals surface area contributed by atoms with E-state index in [1.54, 1.807) is 0 Å². The van der Waals surface area contributed by atoms with E-state index in [9.17, 15) is 5.26 Å². The van der Waals surface area contributed by atoms with Crippen LogP contribution in [0.1, 0.15) is 53.4 Å². The van der Waals surface area contributed by atoms with Gasteiger partial charge in [-0.05, 0) is 49.4 Å². The third-order valence-electron chi connectivity index (χ3n) is 6.18. The first-order valence-electron chi connectivity index (χ1n) is 7.74. The van der Waals surface area contributed by atoms with Crippen molar-refractivity contribution in [3.8, 4) is 6.07 Å². The summed E-state index contributed by atoms with van der Waals surface area (Å²) in [5, 5.41) is 9.78. The normalized spacial score (nSPS) is 45.4. The molecule has 0 N–H and O–H groups in total. The van der Waals surface area contributed by atoms with Crippen molar-refractivity contribution >= 4 is 0 Å². The topological polar surface area (TPSA) is 28.1 Å². The summed E-state index contributed by atoms with van der Waals surface area (Å²) in [7, 11) is 0. The summed E-state index contributed by atoms with van der Waals surface area (Å²) >= 11 is 0. The lowest BCUT2D eigenvalue weighted by Crippen LogP contribution is -2.39. The molecule has 2 saturated carbocycles. The van der Waals surface area contributed by atoms with Crippen LogP contribution in [0.25, 0.3) is 4.85 Å². The van der Waals surface area contributed by atoms with Crippen LogP contribution in [-0.2, 0) is 0 Å². The Morgan fingerprint density at radius 2 is 1.21 bits per heavy atom. The molecular weight excluding hydrogens is 232 g/mol. The number of nitriles is 1. The summed E-state index contributed by atoms with van der Waals surface area (Å²) in [5.41, 5.74) is -0.738. The highest BCUT2D eigenvalue weighted by atomic mass is 14.9. The molecule has 0 aliphatic heterocycles. The monoisotopic (exact) mass is 258 g/mol. The van der Waals surface area contributed by atoms with E-state index < -0.39 is 5.54 Å². The Balaban J connectivity index is 2.25. The van der Waals surface area contributed by atoms with E-state index in [1.165, 1.54) is 0 Å². The molecule has 4 unspecified atom stereocenters. The molecule has 4 atom stereocenters. The summed E-state index contributed by atoms with van der Waals surface area (Å²) in [5.74, 6) is 3.24. The SMILES string of the molecule is [C-]#[N+]C(C#N)(C1CC(C)C(C)C1)C1CC(C)C(C)C1. The van der Waals surface area contributed by atoms with Crippen LogP contribution >= 0.6 is 0 Å². The fourth-order valence-electron chi connectivity index (χ4n) is 4.36. The quantitative estimate of drug-likeness (QED) is 0.669. The van der Waals surface area contributed by atoms with Gasteiger partial charge in [-0.1, -0.05) is 27.7 Å². The van der Waals surface area contributed by atoms with Crippen molar-refractivity contribution in [1.29, 1.82) is 5.26 Å². The van der Waals surface area contributed by atoms with Crippen molar-refractivity contribution in [3.05, 3.63) is 11.4 Å². The van der Waals surface area contributed by atoms with E-state index in [1.807, 2.05) is 0 Å². The van der Waals surface area contributed by atoms with Crippen LogP contribution in [0.2, 0.25) is 0 Å². The molecule has 0 radical (unpaired) electrons. The molecule has 0 bridgehead atoms. The van der Waals surface area contributed by atoms with Gasteiger partial charge in [-0.25, -0.2) is 6.57 Å². The molecule has 0 saturated heterocycles. The molecule has 2 aliphatic carbocycles. The summed E-state index contributed by atoms with van der Waals surface area (Å²) in [6.07, 6.45) is 4.26. The molecule has 104 valence electrons. The summed E-state index contributed by atoms with van der Waals surface area (Å²) in [4.78, 5) is 3.93. The lowest BCUT2D eigenvalue weighted by Gasteiger charge is -2.27. The Labute approximate surface area is 118 Å². The molecule has 0 aromatic rings. The highest BCUT2D eigenvalue weighted by Crippen LogP contribution is 2.52. The lowest BCUT2D eigenvalue weighted by molar-refractivity contribution is 0.270. The Morgan fingerprint density at radius 3 is 1.42 bits per heavy atom. The number of nitrogens with zero attached hydrogens (tertiary/aromatic N) is 2. The van der Waals surface area contributed by atoms with Gasteiger partial charge in [-0.2, -0.15) is 5.26 Å². The second kappa shape index (κ2) is 5.16. The molecule has 2 rings (SSSR count). The van der Waals surface area contributed by atoms with Crippen molar-refractivity contribution < 1.29 is 0 Å². The lowest BCUT2D eigenvalue weighted by atomic mass is 9.72. The average Bonchev–Trinajstić information content (AvgIpc) is 2.88. The Kier molecular flexibility index (Phi) is 3.91. The van der Waals surface area contributed by atoms with E-state index in [2.05, 4.69) is 38.6 Å². The minimum atomic E-state index is -0.738. The molecule has 2 fully saturated rings. The van der Waals surface area contributed by atoms with Crippen LogP contribution in [-0.4, -0.2) is 5.54 Å². The standard InChI is InChI=1S/C17H26N2/c1-11-6-15(7-12(11)2)17(10-18,19-5)16-8-13(3)14(4)9-16/h11-16H,6-9H2,1-4H3. The predicted molar refractivity (Wildman–Crippen MR) is 77.1 cm³/mol. The van der Waals surface area contributed by atoms with Crippen LogP contribution in [0.15, 0.2) is 0 Å². The van der Waals surface area contributed by atoms with Crippen LogP contribution in [0, 0.1) is 53.4 Å². The van der Waals surface area contributed by atoms with Gasteiger partial charge in [-0.3, -0.25) is 4.85 Å². The van der Waals surface area contributed by atoms with Gasteiger partial charge >= 0.3 is 5.54 Å². The van der Waals surface area contributed by atoms with Crippen molar-refractivity contribution in [3.63, 3.8) is 0 Å². The van der Waals surface area contributed by atoms with Gasteiger partial charge in [0, 0.05) is 0 Å². The van der Waals surface area contributed by atoms with E-state index in [0.717, 1.165) is 25.7 Å². The molecule has 0 aromatic carbocycles. The largest absolute Gasteiger partial charge is 0.321 e. The second-order valence-corrected chi connectivity index (χ2v) is 7.29. The molecule has 0 amide bonds. The Hall–Kier alpha value is -1.02. The molecule has 19 heavy (non-hydrogen) atoms. The smallest absolute Gasteiger partial charge is 0.294 e. The van der Waals surface area contributed by atoms with Crippen molar-refractivity contribution in [2.24, 2.45) is 35.5 Å². The van der Waals surface area contributed by atoms with Crippen LogP contribution in [0.5, 0.6) is 0 Å². The fraction of sp³-hybridized carbons (Fsp3) is 0.882. The van der Waals surface area contributed by atoms with Gasteiger partial charge in [0.2, 0.25) is 0 Å². The van der Waals surface area contributed by atoms with Gasteiger partial charge in [0.1, 0.15) is 0 Å². The number of hydrogen-bond acceptors (Lipinski definition) is 1. The summed E-state index contributed by atoms with van der Waals surface area (Å²) < 4.78 is 0. The minimum absolute atomic E-state index is 0.294. The first-order valence-corrected chi connectivity index (χ1v) is 7.74. The minimum Gasteiger partial charge on any atom is -0.294 e. The highest BCUT2D eigenvalue weighted by Gasteiger charge is 2.57. The number of hydrogen-bond donors (Lipinski definition) is 0. The fourth-order valence-corrected chi connectivity index (χ4v) is 4.36. The van der Waals surface area contributed by atoms with Gasteiger partial charge in [-0.15, -0.1) is 0 Å². The van der Waals surface area contributed by atoms with Gasteiger partial charge in [0.25, 0.3) is 0 Å². The Bertz CT molecular complexity index is 354. The maximum absolute atomic E-state index is 9.78. The van der Waals surface area contributed by atoms with E-state index in [-0.39, 0.29) is 0 Å². The number of rotatable bonds is 2. The van der Waals surface area contributed by atoms with E-state index in [4.69, 9.17) is 6.57 Å². The maximum Gasteiger partial charge on any atom is 0.321 e. The first kappa shape index (κ1) is 14.4. The van der Waals surface area contributed by atoms with Crippen molar-refractivity contribution in [2.75, 3.05) is 0 Å². The van der Waals surface area contributed by atoms with Crippen molar-refractivity contribution in [1.82, 2.24) is 0 Å². The third-order valence-corrected chi connectivity index (χ3v) is 6.18. The average molecular weight is 258 g/mol. The van der Waals surface area contributed by atoms with Crippen LogP contribution in [0.4, 0.5) is 0 Å². The molecule has 0 aromatic heterocycles. The van der Waals surface area contributed by atoms with Crippen LogP contribution in [0.3, 0.4) is 0 Å². The third kappa shape index (κ3) is 2.27. The first-order chi connectivity index (χ1) is 8.94. The van der Waals surface area contributed by atoms with Crippen LogP contribution < -0.4 is 0 Å². The van der Waals surface area contributed by atoms with Gasteiger partial charge in [0.15, 0.2) is 6.07 Å². The molecule has 0 spiro atoms. The summed E-state index contributed by atoms with van der Waals surface area (Å²) in [6, 6.07) is 2.48. The van der Waals surface area contributed by atoms with Gasteiger partial charge < -0.3 is 0 Å². The predicted octanol–water partition coefficient (Wildman–Crippen LogP) is 4.53. The maximum atomic E-state index is 9.78. The van der Waals surface area contributed by atoms with Gasteiger partial charge in [0.05, 0.1) is 11.8 Å². The molecular formula is C17H26N2. The molecule has 2 nitrogen and oxygen atoms in total. The second-order valence-electron chi connectivity index (χ2n) is 7.29. The molecule has 0 heterocycles. The zero-order chi connectivity index (χ0) is 14.2. The molecule has 2 aliphatic rings. The highest BCUT2D eigenvalue weighted by molar-refractivity contribution is 5.24. The summed E-state index contributed by atoms with van der Waals surface area (Å²) in [6.45, 7) is 16.8. The zero-order valence-corrected chi connectivity index (χ0v) is 12.7. The Morgan fingerprint density at radius 1 is 0.895 bits per heavy atom. The zero-order valence-electron chi connectivity index (χ0n) is 12.7. The molecule has 2 heteroatoms. The van der Waals surface area contributed by atoms with E-state index in [0.29, 0.717) is 35.5 Å². The van der Waals surface area contributed by atoms with E-state index >= 15 is 0 Å². The van der Waals surface area contributed by atoms with Crippen molar-refractivity contribution in [2.45, 2.75) is 58.9 Å².